The fourth-order valence-corrected chi connectivity index (χ4v) is 4.26. The summed E-state index contributed by atoms with van der Waals surface area (Å²) in [7, 11) is 1.84. The van der Waals surface area contributed by atoms with Crippen molar-refractivity contribution in [3.05, 3.63) is 65.0 Å². The Morgan fingerprint density at radius 1 is 1.17 bits per heavy atom. The van der Waals surface area contributed by atoms with Crippen molar-refractivity contribution in [3.8, 4) is 11.5 Å². The van der Waals surface area contributed by atoms with E-state index in [9.17, 15) is 4.79 Å². The number of amides is 1. The minimum Gasteiger partial charge on any atom is -0.463 e. The van der Waals surface area contributed by atoms with E-state index in [-0.39, 0.29) is 5.91 Å². The molecule has 0 unspecified atom stereocenters. The van der Waals surface area contributed by atoms with Crippen LogP contribution in [0.5, 0.6) is 0 Å². The van der Waals surface area contributed by atoms with Gasteiger partial charge in [0.15, 0.2) is 11.4 Å². The second kappa shape index (κ2) is 6.88. The Bertz CT molecular complexity index is 1220. The number of benzene rings is 1. The van der Waals surface area contributed by atoms with E-state index in [1.54, 1.807) is 17.0 Å². The Kier molecular flexibility index (Phi) is 4.19. The van der Waals surface area contributed by atoms with Gasteiger partial charge >= 0.3 is 0 Å². The maximum atomic E-state index is 13.4. The van der Waals surface area contributed by atoms with E-state index >= 15 is 0 Å². The summed E-state index contributed by atoms with van der Waals surface area (Å²) in [5.41, 5.74) is 6.11. The third-order valence-electron chi connectivity index (χ3n) is 5.63. The van der Waals surface area contributed by atoms with Crippen LogP contribution in [0.2, 0.25) is 0 Å². The topological polar surface area (TPSA) is 73.0 Å². The van der Waals surface area contributed by atoms with Gasteiger partial charge in [0.2, 0.25) is 0 Å². The molecule has 6 nitrogen and oxygen atoms in total. The number of carbonyl (C=O) groups excluding carboxylic acids is 1. The lowest BCUT2D eigenvalue weighted by Crippen LogP contribution is -2.16. The number of anilines is 1. The summed E-state index contributed by atoms with van der Waals surface area (Å²) in [5.74, 6) is 0.470. The van der Waals surface area contributed by atoms with Crippen LogP contribution in [-0.2, 0) is 19.9 Å². The average molecular weight is 386 g/mol. The molecule has 1 aromatic carbocycles. The number of nitrogens with zero attached hydrogens (tertiary/aromatic N) is 3. The molecule has 0 saturated heterocycles. The van der Waals surface area contributed by atoms with Crippen LogP contribution in [0.3, 0.4) is 0 Å². The minimum absolute atomic E-state index is 0.153. The zero-order chi connectivity index (χ0) is 20.0. The van der Waals surface area contributed by atoms with Gasteiger partial charge in [-0.15, -0.1) is 0 Å². The second-order valence-corrected chi connectivity index (χ2v) is 7.54. The molecule has 0 bridgehead atoms. The zero-order valence-corrected chi connectivity index (χ0v) is 16.5. The summed E-state index contributed by atoms with van der Waals surface area (Å²) >= 11 is 0. The fourth-order valence-electron chi connectivity index (χ4n) is 4.26. The van der Waals surface area contributed by atoms with Gasteiger partial charge in [0.25, 0.3) is 5.91 Å². The first kappa shape index (κ1) is 17.7. The summed E-state index contributed by atoms with van der Waals surface area (Å²) in [6.45, 7) is 1.90. The van der Waals surface area contributed by atoms with Crippen LogP contribution in [-0.4, -0.2) is 20.7 Å². The maximum absolute atomic E-state index is 13.4. The SMILES string of the molecule is Cc1nn(C)c2nc(-c3ccco3)cc(C(=O)Nc3cccc4c3CCCC4)c12. The van der Waals surface area contributed by atoms with Crippen molar-refractivity contribution >= 4 is 22.6 Å². The molecule has 1 aliphatic rings. The molecule has 1 aliphatic carbocycles. The lowest BCUT2D eigenvalue weighted by molar-refractivity contribution is 0.102. The van der Waals surface area contributed by atoms with Gasteiger partial charge in [0.05, 0.1) is 22.9 Å². The predicted octanol–water partition coefficient (Wildman–Crippen LogP) is 4.67. The van der Waals surface area contributed by atoms with Crippen LogP contribution in [0.25, 0.3) is 22.5 Å². The molecule has 3 heterocycles. The highest BCUT2D eigenvalue weighted by atomic mass is 16.3. The molecular weight excluding hydrogens is 364 g/mol. The number of aryl methyl sites for hydroxylation is 3. The number of hydrogen-bond donors (Lipinski definition) is 1. The summed E-state index contributed by atoms with van der Waals surface area (Å²) in [4.78, 5) is 18.1. The highest BCUT2D eigenvalue weighted by Gasteiger charge is 2.21. The molecule has 4 aromatic rings. The van der Waals surface area contributed by atoms with Gasteiger partial charge in [-0.3, -0.25) is 9.48 Å². The number of fused-ring (bicyclic) bond motifs is 2. The molecule has 6 heteroatoms. The molecular formula is C23H22N4O2. The first-order chi connectivity index (χ1) is 14.1. The molecule has 3 aromatic heterocycles. The normalized spacial score (nSPS) is 13.4. The Labute approximate surface area is 168 Å². The molecule has 146 valence electrons. The summed E-state index contributed by atoms with van der Waals surface area (Å²) in [5, 5.41) is 8.40. The first-order valence-corrected chi connectivity index (χ1v) is 9.92. The summed E-state index contributed by atoms with van der Waals surface area (Å²) in [6.07, 6.45) is 6.04. The molecule has 1 N–H and O–H groups in total. The summed E-state index contributed by atoms with van der Waals surface area (Å²) in [6, 6.07) is 11.6. The van der Waals surface area contributed by atoms with Crippen molar-refractivity contribution in [2.24, 2.45) is 7.05 Å². The van der Waals surface area contributed by atoms with E-state index in [0.717, 1.165) is 36.0 Å². The van der Waals surface area contributed by atoms with Gasteiger partial charge < -0.3 is 9.73 Å². The van der Waals surface area contributed by atoms with E-state index in [1.165, 1.54) is 17.5 Å². The number of carbonyl (C=O) groups is 1. The molecule has 0 atom stereocenters. The lowest BCUT2D eigenvalue weighted by atomic mass is 9.90. The molecule has 0 fully saturated rings. The Balaban J connectivity index is 1.62. The van der Waals surface area contributed by atoms with Crippen LogP contribution in [0.15, 0.2) is 47.1 Å². The van der Waals surface area contributed by atoms with Crippen molar-refractivity contribution in [2.75, 3.05) is 5.32 Å². The van der Waals surface area contributed by atoms with Gasteiger partial charge in [-0.1, -0.05) is 12.1 Å². The van der Waals surface area contributed by atoms with Crippen LogP contribution in [0.1, 0.15) is 40.0 Å². The van der Waals surface area contributed by atoms with E-state index in [0.29, 0.717) is 22.7 Å². The van der Waals surface area contributed by atoms with Crippen LogP contribution >= 0.6 is 0 Å². The third kappa shape index (κ3) is 3.01. The number of aromatic nitrogens is 3. The number of nitrogens with one attached hydrogen (secondary N) is 1. The van der Waals surface area contributed by atoms with Crippen LogP contribution in [0, 0.1) is 6.92 Å². The predicted molar refractivity (Wildman–Crippen MR) is 112 cm³/mol. The Morgan fingerprint density at radius 2 is 2.03 bits per heavy atom. The molecule has 0 saturated carbocycles. The Hall–Kier alpha value is -3.41. The first-order valence-electron chi connectivity index (χ1n) is 9.92. The number of rotatable bonds is 3. The van der Waals surface area contributed by atoms with Gasteiger partial charge in [0, 0.05) is 12.7 Å². The monoisotopic (exact) mass is 386 g/mol. The molecule has 1 amide bonds. The number of furan rings is 1. The molecule has 5 rings (SSSR count). The van der Waals surface area contributed by atoms with E-state index in [4.69, 9.17) is 4.42 Å². The number of pyridine rings is 1. The molecule has 0 spiro atoms. The van der Waals surface area contributed by atoms with Gasteiger partial charge in [-0.25, -0.2) is 4.98 Å². The van der Waals surface area contributed by atoms with E-state index < -0.39 is 0 Å². The second-order valence-electron chi connectivity index (χ2n) is 7.54. The minimum atomic E-state index is -0.153. The van der Waals surface area contributed by atoms with E-state index in [1.807, 2.05) is 38.2 Å². The maximum Gasteiger partial charge on any atom is 0.256 e. The fraction of sp³-hybridized carbons (Fsp3) is 0.261. The van der Waals surface area contributed by atoms with Crippen molar-refractivity contribution in [1.82, 2.24) is 14.8 Å². The van der Waals surface area contributed by atoms with Gasteiger partial charge in [0.1, 0.15) is 5.69 Å². The van der Waals surface area contributed by atoms with Gasteiger partial charge in [-0.2, -0.15) is 5.10 Å². The van der Waals surface area contributed by atoms with Crippen molar-refractivity contribution in [1.29, 1.82) is 0 Å². The standard InChI is InChI=1S/C23H22N4O2/c1-14-21-17(13-19(20-11-6-12-29-20)24-22(21)27(2)26-14)23(28)25-18-10-5-8-15-7-3-4-9-16(15)18/h5-6,8,10-13H,3-4,7,9H2,1-2H3,(H,25,28). The van der Waals surface area contributed by atoms with E-state index in [2.05, 4.69) is 21.5 Å². The zero-order valence-electron chi connectivity index (χ0n) is 16.5. The summed E-state index contributed by atoms with van der Waals surface area (Å²) < 4.78 is 7.23. The largest absolute Gasteiger partial charge is 0.463 e. The quantitative estimate of drug-likeness (QED) is 0.555. The van der Waals surface area contributed by atoms with Crippen molar-refractivity contribution in [2.45, 2.75) is 32.6 Å². The highest BCUT2D eigenvalue weighted by molar-refractivity contribution is 6.13. The third-order valence-corrected chi connectivity index (χ3v) is 5.63. The molecule has 0 aliphatic heterocycles. The van der Waals surface area contributed by atoms with Crippen LogP contribution in [0.4, 0.5) is 5.69 Å². The van der Waals surface area contributed by atoms with Crippen molar-refractivity contribution in [3.63, 3.8) is 0 Å². The number of hydrogen-bond acceptors (Lipinski definition) is 4. The van der Waals surface area contributed by atoms with Gasteiger partial charge in [-0.05, 0) is 68.0 Å². The molecule has 0 radical (unpaired) electrons. The average Bonchev–Trinajstić information content (AvgIpc) is 3.36. The Morgan fingerprint density at radius 3 is 2.86 bits per heavy atom. The lowest BCUT2D eigenvalue weighted by Gasteiger charge is -2.19. The highest BCUT2D eigenvalue weighted by Crippen LogP contribution is 2.30. The van der Waals surface area contributed by atoms with Crippen LogP contribution < -0.4 is 5.32 Å². The molecule has 29 heavy (non-hydrogen) atoms. The van der Waals surface area contributed by atoms with Crippen molar-refractivity contribution < 1.29 is 9.21 Å². The smallest absolute Gasteiger partial charge is 0.256 e.